The molecule has 1 fully saturated rings. The quantitative estimate of drug-likeness (QED) is 0.545. The van der Waals surface area contributed by atoms with Gasteiger partial charge in [0, 0.05) is 41.5 Å². The molecule has 1 aliphatic rings. The molecule has 0 aliphatic carbocycles. The van der Waals surface area contributed by atoms with Crippen LogP contribution in [-0.2, 0) is 4.79 Å². The van der Waals surface area contributed by atoms with E-state index in [4.69, 9.17) is 0 Å². The van der Waals surface area contributed by atoms with Crippen LogP contribution in [0.15, 0.2) is 42.5 Å². The van der Waals surface area contributed by atoms with Crippen molar-refractivity contribution in [2.45, 2.75) is 32.7 Å². The number of nitrogens with zero attached hydrogens (tertiary/aromatic N) is 2. The van der Waals surface area contributed by atoms with Crippen molar-refractivity contribution in [3.8, 4) is 0 Å². The van der Waals surface area contributed by atoms with Gasteiger partial charge >= 0.3 is 0 Å². The molecular formula is C22H24N4O5. The molecule has 9 nitrogen and oxygen atoms in total. The Hall–Kier alpha value is -3.75. The maximum absolute atomic E-state index is 13.0. The molecule has 0 saturated carbocycles. The van der Waals surface area contributed by atoms with Gasteiger partial charge in [0.2, 0.25) is 5.91 Å². The minimum Gasteiger partial charge on any atom is -0.352 e. The zero-order valence-electron chi connectivity index (χ0n) is 17.4. The summed E-state index contributed by atoms with van der Waals surface area (Å²) in [5.74, 6) is -0.830. The molecule has 2 aromatic rings. The molecule has 3 amide bonds. The SMILES string of the molecule is CCNC(=O)c1ccc(NC(=O)C2CCCN2C(=O)c2ccc([N+](=O)[O-])c(C)c2)cc1. The average molecular weight is 424 g/mol. The van der Waals surface area contributed by atoms with Gasteiger partial charge in [-0.05, 0) is 63.1 Å². The second kappa shape index (κ2) is 9.38. The Balaban J connectivity index is 1.70. The zero-order chi connectivity index (χ0) is 22.5. The van der Waals surface area contributed by atoms with E-state index in [1.165, 1.54) is 23.1 Å². The van der Waals surface area contributed by atoms with Crippen LogP contribution in [0.5, 0.6) is 0 Å². The van der Waals surface area contributed by atoms with Gasteiger partial charge in [-0.15, -0.1) is 0 Å². The lowest BCUT2D eigenvalue weighted by molar-refractivity contribution is -0.385. The van der Waals surface area contributed by atoms with Gasteiger partial charge in [0.05, 0.1) is 4.92 Å². The Morgan fingerprint density at radius 2 is 1.81 bits per heavy atom. The molecule has 0 radical (unpaired) electrons. The van der Waals surface area contributed by atoms with Crippen molar-refractivity contribution in [2.24, 2.45) is 0 Å². The van der Waals surface area contributed by atoms with E-state index in [0.29, 0.717) is 48.3 Å². The summed E-state index contributed by atoms with van der Waals surface area (Å²) in [4.78, 5) is 49.6. The molecule has 31 heavy (non-hydrogen) atoms. The molecule has 1 heterocycles. The van der Waals surface area contributed by atoms with E-state index in [0.717, 1.165) is 0 Å². The smallest absolute Gasteiger partial charge is 0.272 e. The van der Waals surface area contributed by atoms with Gasteiger partial charge < -0.3 is 15.5 Å². The number of amides is 3. The lowest BCUT2D eigenvalue weighted by Gasteiger charge is -2.24. The van der Waals surface area contributed by atoms with E-state index in [1.54, 1.807) is 31.2 Å². The van der Waals surface area contributed by atoms with Crippen molar-refractivity contribution in [1.29, 1.82) is 0 Å². The fraction of sp³-hybridized carbons (Fsp3) is 0.318. The molecule has 1 unspecified atom stereocenters. The number of carbonyl (C=O) groups is 3. The normalized spacial score (nSPS) is 15.4. The molecular weight excluding hydrogens is 400 g/mol. The molecule has 162 valence electrons. The number of hydrogen-bond acceptors (Lipinski definition) is 5. The number of nitro benzene ring substituents is 1. The second-order valence-electron chi connectivity index (χ2n) is 7.34. The summed E-state index contributed by atoms with van der Waals surface area (Å²) in [5, 5.41) is 16.5. The molecule has 2 aromatic carbocycles. The summed E-state index contributed by atoms with van der Waals surface area (Å²) in [6.45, 7) is 4.37. The van der Waals surface area contributed by atoms with Crippen molar-refractivity contribution < 1.29 is 19.3 Å². The van der Waals surface area contributed by atoms with E-state index >= 15 is 0 Å². The predicted molar refractivity (Wildman–Crippen MR) is 115 cm³/mol. The number of likely N-dealkylation sites (tertiary alicyclic amines) is 1. The van der Waals surface area contributed by atoms with Gasteiger partial charge in [-0.3, -0.25) is 24.5 Å². The highest BCUT2D eigenvalue weighted by Gasteiger charge is 2.35. The largest absolute Gasteiger partial charge is 0.352 e. The third kappa shape index (κ3) is 4.88. The molecule has 0 spiro atoms. The summed E-state index contributed by atoms with van der Waals surface area (Å²) in [6.07, 6.45) is 1.21. The van der Waals surface area contributed by atoms with E-state index in [9.17, 15) is 24.5 Å². The molecule has 9 heteroatoms. The van der Waals surface area contributed by atoms with E-state index < -0.39 is 11.0 Å². The van der Waals surface area contributed by atoms with Gasteiger partial charge in [-0.25, -0.2) is 0 Å². The Morgan fingerprint density at radius 1 is 1.13 bits per heavy atom. The van der Waals surface area contributed by atoms with Crippen LogP contribution in [0.3, 0.4) is 0 Å². The van der Waals surface area contributed by atoms with Crippen molar-refractivity contribution in [2.75, 3.05) is 18.4 Å². The van der Waals surface area contributed by atoms with Gasteiger partial charge in [0.1, 0.15) is 6.04 Å². The number of nitrogens with one attached hydrogen (secondary N) is 2. The van der Waals surface area contributed by atoms with Crippen LogP contribution >= 0.6 is 0 Å². The van der Waals surface area contributed by atoms with Crippen LogP contribution in [0.2, 0.25) is 0 Å². The van der Waals surface area contributed by atoms with E-state index in [2.05, 4.69) is 10.6 Å². The highest BCUT2D eigenvalue weighted by atomic mass is 16.6. The number of anilines is 1. The van der Waals surface area contributed by atoms with Crippen molar-refractivity contribution >= 4 is 29.1 Å². The molecule has 1 atom stereocenters. The van der Waals surface area contributed by atoms with E-state index in [1.807, 2.05) is 6.92 Å². The topological polar surface area (TPSA) is 122 Å². The van der Waals surface area contributed by atoms with Crippen LogP contribution in [0.25, 0.3) is 0 Å². The number of nitro groups is 1. The van der Waals surface area contributed by atoms with Crippen LogP contribution in [0, 0.1) is 17.0 Å². The first-order valence-electron chi connectivity index (χ1n) is 10.1. The van der Waals surface area contributed by atoms with Crippen molar-refractivity contribution in [3.63, 3.8) is 0 Å². The third-order valence-corrected chi connectivity index (χ3v) is 5.21. The zero-order valence-corrected chi connectivity index (χ0v) is 17.4. The summed E-state index contributed by atoms with van der Waals surface area (Å²) in [5.41, 5.74) is 1.68. The maximum Gasteiger partial charge on any atom is 0.272 e. The lowest BCUT2D eigenvalue weighted by atomic mass is 10.1. The first-order chi connectivity index (χ1) is 14.8. The summed E-state index contributed by atoms with van der Waals surface area (Å²) in [7, 11) is 0. The molecule has 2 N–H and O–H groups in total. The highest BCUT2D eigenvalue weighted by Crippen LogP contribution is 2.25. The van der Waals surface area contributed by atoms with Gasteiger partial charge in [-0.1, -0.05) is 0 Å². The number of carbonyl (C=O) groups excluding carboxylic acids is 3. The van der Waals surface area contributed by atoms with Gasteiger partial charge in [-0.2, -0.15) is 0 Å². The maximum atomic E-state index is 13.0. The van der Waals surface area contributed by atoms with Crippen LogP contribution in [0.1, 0.15) is 46.0 Å². The van der Waals surface area contributed by atoms with Gasteiger partial charge in [0.15, 0.2) is 0 Å². The number of rotatable bonds is 6. The summed E-state index contributed by atoms with van der Waals surface area (Å²) < 4.78 is 0. The average Bonchev–Trinajstić information content (AvgIpc) is 3.23. The molecule has 3 rings (SSSR count). The standard InChI is InChI=1S/C22H24N4O5/c1-3-23-20(27)15-6-9-17(10-7-15)24-21(28)19-5-4-12-25(19)22(29)16-8-11-18(26(30)31)14(2)13-16/h6-11,13,19H,3-5,12H2,1-2H3,(H,23,27)(H,24,28). The highest BCUT2D eigenvalue weighted by molar-refractivity contribution is 6.02. The molecule has 1 saturated heterocycles. The Kier molecular flexibility index (Phi) is 6.64. The number of aryl methyl sites for hydroxylation is 1. The second-order valence-corrected chi connectivity index (χ2v) is 7.34. The third-order valence-electron chi connectivity index (χ3n) is 5.21. The van der Waals surface area contributed by atoms with Crippen LogP contribution in [-0.4, -0.2) is 46.7 Å². The van der Waals surface area contributed by atoms with Crippen molar-refractivity contribution in [1.82, 2.24) is 10.2 Å². The first kappa shape index (κ1) is 21.9. The Morgan fingerprint density at radius 3 is 2.42 bits per heavy atom. The van der Waals surface area contributed by atoms with Crippen LogP contribution in [0.4, 0.5) is 11.4 Å². The van der Waals surface area contributed by atoms with Gasteiger partial charge in [0.25, 0.3) is 17.5 Å². The molecule has 1 aliphatic heterocycles. The Labute approximate surface area is 179 Å². The van der Waals surface area contributed by atoms with Crippen molar-refractivity contribution in [3.05, 3.63) is 69.3 Å². The van der Waals surface area contributed by atoms with Crippen LogP contribution < -0.4 is 10.6 Å². The lowest BCUT2D eigenvalue weighted by Crippen LogP contribution is -2.43. The minimum atomic E-state index is -0.633. The predicted octanol–water partition coefficient (Wildman–Crippen LogP) is 2.90. The molecule has 0 bridgehead atoms. The fourth-order valence-corrected chi connectivity index (χ4v) is 3.63. The first-order valence-corrected chi connectivity index (χ1v) is 10.1. The number of benzene rings is 2. The minimum absolute atomic E-state index is 0.0525. The van der Waals surface area contributed by atoms with E-state index in [-0.39, 0.29) is 23.4 Å². The fourth-order valence-electron chi connectivity index (χ4n) is 3.63. The molecule has 0 aromatic heterocycles. The Bertz CT molecular complexity index is 1020. The monoisotopic (exact) mass is 424 g/mol. The summed E-state index contributed by atoms with van der Waals surface area (Å²) >= 11 is 0. The number of hydrogen-bond donors (Lipinski definition) is 2. The summed E-state index contributed by atoms with van der Waals surface area (Å²) in [6, 6.07) is 10.1.